The molecule has 4 aliphatic heterocycles. The largest absolute Gasteiger partial charge is 0.481 e. The Kier molecular flexibility index (Phi) is 3.95. The number of hydrogen-bond donors (Lipinski definition) is 2. The van der Waals surface area contributed by atoms with E-state index in [9.17, 15) is 9.90 Å². The number of ether oxygens (including phenoxy) is 3. The zero-order valence-electron chi connectivity index (χ0n) is 14.8. The molecule has 0 aromatic carbocycles. The van der Waals surface area contributed by atoms with Gasteiger partial charge in [0.15, 0.2) is 5.79 Å². The zero-order valence-corrected chi connectivity index (χ0v) is 14.8. The molecule has 0 radical (unpaired) electrons. The molecule has 0 unspecified atom stereocenters. The number of hydrogen-bond acceptors (Lipinski definition) is 5. The molecule has 1 spiro atoms. The predicted molar refractivity (Wildman–Crippen MR) is 86.3 cm³/mol. The second-order valence-corrected chi connectivity index (χ2v) is 8.64. The van der Waals surface area contributed by atoms with Crippen LogP contribution < -0.4 is 5.32 Å². The van der Waals surface area contributed by atoms with Crippen LogP contribution in [0.3, 0.4) is 0 Å². The molecule has 4 fully saturated rings. The van der Waals surface area contributed by atoms with Crippen LogP contribution >= 0.6 is 0 Å². The molecule has 2 bridgehead atoms. The van der Waals surface area contributed by atoms with Crippen LogP contribution in [0.5, 0.6) is 0 Å². The van der Waals surface area contributed by atoms with Gasteiger partial charge in [0.2, 0.25) is 0 Å². The van der Waals surface area contributed by atoms with Gasteiger partial charge in [-0.2, -0.15) is 0 Å². The highest BCUT2D eigenvalue weighted by atomic mass is 16.7. The molecule has 2 N–H and O–H groups in total. The van der Waals surface area contributed by atoms with Gasteiger partial charge in [0.25, 0.3) is 0 Å². The van der Waals surface area contributed by atoms with E-state index in [-0.39, 0.29) is 30.5 Å². The van der Waals surface area contributed by atoms with Crippen LogP contribution in [0.1, 0.15) is 52.9 Å². The van der Waals surface area contributed by atoms with Crippen molar-refractivity contribution in [1.82, 2.24) is 5.32 Å². The molecular formula is C18H29NO5. The summed E-state index contributed by atoms with van der Waals surface area (Å²) in [5, 5.41) is 12.9. The number of piperidine rings is 1. The lowest BCUT2D eigenvalue weighted by molar-refractivity contribution is -0.364. The normalized spacial score (nSPS) is 53.8. The van der Waals surface area contributed by atoms with Crippen molar-refractivity contribution >= 4 is 5.97 Å². The van der Waals surface area contributed by atoms with E-state index < -0.39 is 11.8 Å². The molecule has 8 atom stereocenters. The second-order valence-electron chi connectivity index (χ2n) is 8.64. The molecule has 0 aromatic heterocycles. The summed E-state index contributed by atoms with van der Waals surface area (Å²) in [6.07, 6.45) is 3.12. The second kappa shape index (κ2) is 5.66. The van der Waals surface area contributed by atoms with E-state index in [0.29, 0.717) is 24.2 Å². The maximum atomic E-state index is 11.3. The lowest BCUT2D eigenvalue weighted by atomic mass is 9.80. The lowest BCUT2D eigenvalue weighted by Crippen LogP contribution is -2.60. The van der Waals surface area contributed by atoms with Gasteiger partial charge in [0.1, 0.15) is 11.8 Å². The fourth-order valence-corrected chi connectivity index (χ4v) is 5.36. The number of carbonyl (C=O) groups is 1. The minimum atomic E-state index is -0.977. The maximum absolute atomic E-state index is 11.3. The molecule has 4 heterocycles. The predicted octanol–water partition coefficient (Wildman–Crippen LogP) is 2.12. The summed E-state index contributed by atoms with van der Waals surface area (Å²) in [7, 11) is 0. The number of carboxylic acid groups (broad SMARTS) is 1. The first-order chi connectivity index (χ1) is 11.3. The Bertz CT molecular complexity index is 528. The Hall–Kier alpha value is -0.690. The van der Waals surface area contributed by atoms with Gasteiger partial charge in [-0.05, 0) is 30.6 Å². The summed E-state index contributed by atoms with van der Waals surface area (Å²) in [4.78, 5) is 11.3. The highest BCUT2D eigenvalue weighted by molar-refractivity contribution is 5.68. The number of aliphatic carboxylic acids is 1. The average Bonchev–Trinajstić information content (AvgIpc) is 2.81. The molecule has 0 aromatic rings. The van der Waals surface area contributed by atoms with Gasteiger partial charge < -0.3 is 19.3 Å². The number of nitrogens with one attached hydrogen (secondary N) is 1. The molecule has 136 valence electrons. The van der Waals surface area contributed by atoms with Crippen LogP contribution in [-0.4, -0.2) is 47.4 Å². The van der Waals surface area contributed by atoms with Crippen LogP contribution in [0.25, 0.3) is 0 Å². The third-order valence-electron chi connectivity index (χ3n) is 6.33. The van der Waals surface area contributed by atoms with Crippen LogP contribution in [-0.2, 0) is 19.0 Å². The van der Waals surface area contributed by atoms with Gasteiger partial charge in [-0.25, -0.2) is 0 Å². The Morgan fingerprint density at radius 1 is 1.08 bits per heavy atom. The van der Waals surface area contributed by atoms with Crippen molar-refractivity contribution in [2.75, 3.05) is 6.54 Å². The van der Waals surface area contributed by atoms with Gasteiger partial charge >= 0.3 is 5.97 Å². The van der Waals surface area contributed by atoms with Gasteiger partial charge in [-0.3, -0.25) is 10.1 Å². The third-order valence-corrected chi connectivity index (χ3v) is 6.33. The van der Waals surface area contributed by atoms with Crippen molar-refractivity contribution < 1.29 is 24.1 Å². The zero-order chi connectivity index (χ0) is 17.1. The quantitative estimate of drug-likeness (QED) is 0.802. The van der Waals surface area contributed by atoms with E-state index in [1.807, 2.05) is 0 Å². The van der Waals surface area contributed by atoms with Crippen molar-refractivity contribution in [2.24, 2.45) is 17.8 Å². The highest BCUT2D eigenvalue weighted by Crippen LogP contribution is 2.51. The van der Waals surface area contributed by atoms with Crippen LogP contribution in [0.15, 0.2) is 0 Å². The maximum Gasteiger partial charge on any atom is 0.308 e. The number of carboxylic acids is 1. The Labute approximate surface area is 143 Å². The van der Waals surface area contributed by atoms with Gasteiger partial charge in [-0.15, -0.1) is 0 Å². The van der Waals surface area contributed by atoms with Crippen molar-refractivity contribution in [3.8, 4) is 0 Å². The number of fused-ring (bicyclic) bond motifs is 4. The Morgan fingerprint density at radius 2 is 1.83 bits per heavy atom. The fourth-order valence-electron chi connectivity index (χ4n) is 5.36. The summed E-state index contributed by atoms with van der Waals surface area (Å²) < 4.78 is 19.0. The topological polar surface area (TPSA) is 77.0 Å². The summed E-state index contributed by atoms with van der Waals surface area (Å²) in [5.74, 6) is -0.418. The summed E-state index contributed by atoms with van der Waals surface area (Å²) >= 11 is 0. The average molecular weight is 339 g/mol. The van der Waals surface area contributed by atoms with Crippen molar-refractivity contribution in [2.45, 2.75) is 82.7 Å². The Morgan fingerprint density at radius 3 is 2.54 bits per heavy atom. The molecule has 6 heteroatoms. The molecule has 4 saturated heterocycles. The highest BCUT2D eigenvalue weighted by Gasteiger charge is 2.61. The number of rotatable bonds is 2. The molecule has 24 heavy (non-hydrogen) atoms. The molecule has 4 rings (SSSR count). The summed E-state index contributed by atoms with van der Waals surface area (Å²) in [6.45, 7) is 7.59. The van der Waals surface area contributed by atoms with Crippen LogP contribution in [0.4, 0.5) is 0 Å². The monoisotopic (exact) mass is 339 g/mol. The minimum Gasteiger partial charge on any atom is -0.481 e. The first-order valence-corrected chi connectivity index (χ1v) is 9.31. The van der Waals surface area contributed by atoms with Gasteiger partial charge in [0.05, 0.1) is 18.6 Å². The summed E-state index contributed by atoms with van der Waals surface area (Å²) in [6, 6.07) is 0. The minimum absolute atomic E-state index is 0.0698. The Balaban J connectivity index is 1.58. The third kappa shape index (κ3) is 2.68. The van der Waals surface area contributed by atoms with E-state index in [4.69, 9.17) is 14.2 Å². The van der Waals surface area contributed by atoms with Gasteiger partial charge in [0, 0.05) is 19.4 Å². The van der Waals surface area contributed by atoms with Gasteiger partial charge in [-0.1, -0.05) is 20.8 Å². The van der Waals surface area contributed by atoms with Crippen molar-refractivity contribution in [3.63, 3.8) is 0 Å². The first kappa shape index (κ1) is 16.8. The SMILES string of the molecule is C[C@H]1CN[C@]2(C[C@H]3O[C@]4(CC(=O)O)C[C@@H](C)C[C@@H](O4)[C@H]3O2)[C@H](C)C1. The van der Waals surface area contributed by atoms with Crippen LogP contribution in [0.2, 0.25) is 0 Å². The fraction of sp³-hybridized carbons (Fsp3) is 0.944. The molecule has 0 aliphatic carbocycles. The first-order valence-electron chi connectivity index (χ1n) is 9.31. The molecular weight excluding hydrogens is 310 g/mol. The molecule has 0 saturated carbocycles. The van der Waals surface area contributed by atoms with E-state index in [0.717, 1.165) is 25.8 Å². The molecule has 0 amide bonds. The van der Waals surface area contributed by atoms with Crippen molar-refractivity contribution in [3.05, 3.63) is 0 Å². The van der Waals surface area contributed by atoms with Crippen LogP contribution in [0, 0.1) is 17.8 Å². The summed E-state index contributed by atoms with van der Waals surface area (Å²) in [5.41, 5.74) is -0.351. The van der Waals surface area contributed by atoms with E-state index >= 15 is 0 Å². The molecule has 4 aliphatic rings. The van der Waals surface area contributed by atoms with E-state index in [1.165, 1.54) is 0 Å². The smallest absolute Gasteiger partial charge is 0.308 e. The standard InChI is InChI=1S/C18H29NO5/c1-10-5-13-16-14(23-17(6-10,22-13)8-15(20)21)7-18(24-16)12(3)4-11(2)9-19-18/h10-14,16,19H,4-9H2,1-3H3,(H,20,21)/t10-,11+,12+,13+,14+,16+,17-,18-/m0/s1. The van der Waals surface area contributed by atoms with Crippen molar-refractivity contribution in [1.29, 1.82) is 0 Å². The molecule has 6 nitrogen and oxygen atoms in total. The van der Waals surface area contributed by atoms with E-state index in [2.05, 4.69) is 26.1 Å². The lowest BCUT2D eigenvalue weighted by Gasteiger charge is -2.50. The van der Waals surface area contributed by atoms with E-state index in [1.54, 1.807) is 0 Å².